The molecule has 36 heavy (non-hydrogen) atoms. The number of aromatic amines is 1. The number of H-pyrrole nitrogens is 1. The lowest BCUT2D eigenvalue weighted by atomic mass is 10.0. The Morgan fingerprint density at radius 2 is 1.92 bits per heavy atom. The number of nitrogens with one attached hydrogen (secondary N) is 2. The molecule has 9 nitrogen and oxygen atoms in total. The molecule has 4 rings (SSSR count). The maximum Gasteiger partial charge on any atom is 0.336 e. The van der Waals surface area contributed by atoms with Crippen LogP contribution in [0, 0.1) is 6.92 Å². The number of amides is 1. The molecule has 0 fully saturated rings. The maximum absolute atomic E-state index is 12.9. The van der Waals surface area contributed by atoms with Gasteiger partial charge in [0.2, 0.25) is 0 Å². The van der Waals surface area contributed by atoms with Crippen LogP contribution in [0.2, 0.25) is 0 Å². The maximum atomic E-state index is 12.9. The molecule has 0 radical (unpaired) electrons. The van der Waals surface area contributed by atoms with Crippen molar-refractivity contribution in [2.24, 2.45) is 0 Å². The highest BCUT2D eigenvalue weighted by Gasteiger charge is 2.26. The predicted molar refractivity (Wildman–Crippen MR) is 135 cm³/mol. The summed E-state index contributed by atoms with van der Waals surface area (Å²) in [6.45, 7) is 5.29. The van der Waals surface area contributed by atoms with Crippen LogP contribution in [0.3, 0.4) is 0 Å². The van der Waals surface area contributed by atoms with Crippen molar-refractivity contribution in [3.8, 4) is 11.5 Å². The summed E-state index contributed by atoms with van der Waals surface area (Å²) in [5.74, 6) is -1.38. The Labute approximate surface area is 206 Å². The van der Waals surface area contributed by atoms with Crippen LogP contribution in [0.25, 0.3) is 21.9 Å². The number of carboxylic acids is 1. The molecule has 0 bridgehead atoms. The highest BCUT2D eigenvalue weighted by molar-refractivity contribution is 5.89. The molecule has 2 atom stereocenters. The van der Waals surface area contributed by atoms with E-state index >= 15 is 0 Å². The van der Waals surface area contributed by atoms with Crippen LogP contribution < -0.4 is 15.7 Å². The predicted octanol–water partition coefficient (Wildman–Crippen LogP) is 3.82. The van der Waals surface area contributed by atoms with Crippen molar-refractivity contribution in [2.75, 3.05) is 0 Å². The largest absolute Gasteiger partial charge is 0.508 e. The molecule has 188 valence electrons. The zero-order chi connectivity index (χ0) is 26.0. The van der Waals surface area contributed by atoms with Crippen molar-refractivity contribution in [1.29, 1.82) is 0 Å². The van der Waals surface area contributed by atoms with E-state index in [2.05, 4.69) is 10.3 Å². The molecule has 0 spiro atoms. The van der Waals surface area contributed by atoms with E-state index in [9.17, 15) is 24.6 Å². The number of carboxylic acid groups (broad SMARTS) is 1. The number of fused-ring (bicyclic) bond motifs is 2. The van der Waals surface area contributed by atoms with E-state index in [-0.39, 0.29) is 12.2 Å². The Morgan fingerprint density at radius 3 is 2.64 bits per heavy atom. The van der Waals surface area contributed by atoms with E-state index in [1.807, 2.05) is 6.92 Å². The summed E-state index contributed by atoms with van der Waals surface area (Å²) >= 11 is 0. The molecule has 2 aromatic heterocycles. The third kappa shape index (κ3) is 5.05. The number of hydrogen-bond acceptors (Lipinski definition) is 6. The molecule has 1 amide bonds. The SMILES string of the molecule is CCCc1cc(=O)oc2c(C)c(OC(C)C(=O)NC(Cc3c[nH]c4ccc(O)cc34)C(=O)O)ccc12. The molecule has 0 saturated carbocycles. The van der Waals surface area contributed by atoms with Gasteiger partial charge in [0.1, 0.15) is 23.1 Å². The lowest BCUT2D eigenvalue weighted by molar-refractivity contribution is -0.142. The lowest BCUT2D eigenvalue weighted by Crippen LogP contribution is -2.47. The van der Waals surface area contributed by atoms with Crippen molar-refractivity contribution in [3.63, 3.8) is 0 Å². The number of benzene rings is 2. The first-order chi connectivity index (χ1) is 17.2. The molecule has 9 heteroatoms. The Balaban J connectivity index is 1.52. The monoisotopic (exact) mass is 492 g/mol. The first-order valence-corrected chi connectivity index (χ1v) is 11.7. The van der Waals surface area contributed by atoms with Gasteiger partial charge in [0.25, 0.3) is 5.91 Å². The third-order valence-corrected chi connectivity index (χ3v) is 6.18. The second-order valence-corrected chi connectivity index (χ2v) is 8.81. The molecule has 4 aromatic rings. The van der Waals surface area contributed by atoms with Gasteiger partial charge in [-0.15, -0.1) is 0 Å². The van der Waals surface area contributed by atoms with E-state index in [0.29, 0.717) is 27.8 Å². The van der Waals surface area contributed by atoms with Crippen LogP contribution in [0.15, 0.2) is 51.8 Å². The van der Waals surface area contributed by atoms with Gasteiger partial charge in [0.05, 0.1) is 0 Å². The fourth-order valence-electron chi connectivity index (χ4n) is 4.30. The standard InChI is InChI=1S/C27H28N2O7/c1-4-5-16-11-24(31)36-25-14(2)23(9-7-19(16)25)35-15(3)26(32)29-22(27(33)34)10-17-13-28-21-8-6-18(30)12-20(17)21/h6-9,11-13,15,22,28,30H,4-5,10H2,1-3H3,(H,29,32)(H,33,34). The highest BCUT2D eigenvalue weighted by Crippen LogP contribution is 2.30. The van der Waals surface area contributed by atoms with E-state index in [4.69, 9.17) is 9.15 Å². The van der Waals surface area contributed by atoms with Gasteiger partial charge in [-0.2, -0.15) is 0 Å². The average Bonchev–Trinajstić information content (AvgIpc) is 3.22. The number of carbonyl (C=O) groups excluding carboxylic acids is 1. The van der Waals surface area contributed by atoms with Gasteiger partial charge in [0.15, 0.2) is 6.10 Å². The second kappa shape index (κ2) is 10.2. The fraction of sp³-hybridized carbons (Fsp3) is 0.296. The number of aliphatic carboxylic acids is 1. The summed E-state index contributed by atoms with van der Waals surface area (Å²) < 4.78 is 11.3. The number of aromatic hydroxyl groups is 1. The highest BCUT2D eigenvalue weighted by atomic mass is 16.5. The van der Waals surface area contributed by atoms with Crippen molar-refractivity contribution in [1.82, 2.24) is 10.3 Å². The van der Waals surface area contributed by atoms with Gasteiger partial charge >= 0.3 is 11.6 Å². The van der Waals surface area contributed by atoms with Crippen molar-refractivity contribution in [2.45, 2.75) is 52.2 Å². The number of aryl methyl sites for hydroxylation is 2. The van der Waals surface area contributed by atoms with E-state index in [1.54, 1.807) is 37.4 Å². The number of phenolic OH excluding ortho intramolecular Hbond substituents is 1. The first-order valence-electron chi connectivity index (χ1n) is 11.7. The van der Waals surface area contributed by atoms with Crippen LogP contribution in [-0.2, 0) is 22.4 Å². The Morgan fingerprint density at radius 1 is 1.14 bits per heavy atom. The van der Waals surface area contributed by atoms with Crippen molar-refractivity contribution in [3.05, 3.63) is 69.7 Å². The first kappa shape index (κ1) is 24.8. The van der Waals surface area contributed by atoms with E-state index < -0.39 is 29.6 Å². The quantitative estimate of drug-likeness (QED) is 0.260. The van der Waals surface area contributed by atoms with Crippen LogP contribution >= 0.6 is 0 Å². The van der Waals surface area contributed by atoms with E-state index in [1.165, 1.54) is 19.1 Å². The number of phenols is 1. The average molecular weight is 493 g/mol. The minimum Gasteiger partial charge on any atom is -0.508 e. The number of aromatic nitrogens is 1. The molecule has 0 aliphatic rings. The number of carbonyl (C=O) groups is 2. The summed E-state index contributed by atoms with van der Waals surface area (Å²) in [7, 11) is 0. The molecule has 0 aliphatic heterocycles. The topological polar surface area (TPSA) is 142 Å². The minimum atomic E-state index is -1.21. The Kier molecular flexibility index (Phi) is 7.00. The van der Waals surface area contributed by atoms with Crippen LogP contribution in [0.1, 0.15) is 37.0 Å². The van der Waals surface area contributed by atoms with Crippen LogP contribution in [0.4, 0.5) is 0 Å². The van der Waals surface area contributed by atoms with Gasteiger partial charge in [0, 0.05) is 40.5 Å². The molecular formula is C27H28N2O7. The Bertz CT molecular complexity index is 1500. The molecule has 4 N–H and O–H groups in total. The molecule has 2 unspecified atom stereocenters. The summed E-state index contributed by atoms with van der Waals surface area (Å²) in [6, 6.07) is 8.55. The number of hydrogen-bond donors (Lipinski definition) is 4. The molecule has 2 heterocycles. The summed E-state index contributed by atoms with van der Waals surface area (Å²) in [5.41, 5.74) is 2.81. The van der Waals surface area contributed by atoms with Gasteiger partial charge < -0.3 is 29.7 Å². The van der Waals surface area contributed by atoms with Gasteiger partial charge in [-0.25, -0.2) is 9.59 Å². The fourth-order valence-corrected chi connectivity index (χ4v) is 4.30. The normalized spacial score (nSPS) is 13.0. The minimum absolute atomic E-state index is 0.0115. The number of ether oxygens (including phenoxy) is 1. The summed E-state index contributed by atoms with van der Waals surface area (Å²) in [6.07, 6.45) is 2.26. The van der Waals surface area contributed by atoms with Gasteiger partial charge in [-0.1, -0.05) is 13.3 Å². The summed E-state index contributed by atoms with van der Waals surface area (Å²) in [4.78, 5) is 39.8. The Hall–Kier alpha value is -4.27. The third-order valence-electron chi connectivity index (χ3n) is 6.18. The molecule has 0 saturated heterocycles. The second-order valence-electron chi connectivity index (χ2n) is 8.81. The van der Waals surface area contributed by atoms with E-state index in [0.717, 1.165) is 29.3 Å². The van der Waals surface area contributed by atoms with Crippen LogP contribution in [0.5, 0.6) is 11.5 Å². The summed E-state index contributed by atoms with van der Waals surface area (Å²) in [5, 5.41) is 23.5. The van der Waals surface area contributed by atoms with Crippen molar-refractivity contribution < 1.29 is 29.0 Å². The molecule has 0 aliphatic carbocycles. The molecule has 2 aromatic carbocycles. The zero-order valence-corrected chi connectivity index (χ0v) is 20.3. The van der Waals surface area contributed by atoms with Gasteiger partial charge in [-0.05, 0) is 61.7 Å². The molecular weight excluding hydrogens is 464 g/mol. The van der Waals surface area contributed by atoms with Crippen LogP contribution in [-0.4, -0.2) is 39.2 Å². The lowest BCUT2D eigenvalue weighted by Gasteiger charge is -2.20. The smallest absolute Gasteiger partial charge is 0.336 e. The zero-order valence-electron chi connectivity index (χ0n) is 20.3. The van der Waals surface area contributed by atoms with Crippen molar-refractivity contribution >= 4 is 33.7 Å². The van der Waals surface area contributed by atoms with Gasteiger partial charge in [-0.3, -0.25) is 4.79 Å². The number of rotatable bonds is 9.